The van der Waals surface area contributed by atoms with Crippen LogP contribution in [0.25, 0.3) is 0 Å². The van der Waals surface area contributed by atoms with Crippen molar-refractivity contribution in [3.8, 4) is 0 Å². The first-order chi connectivity index (χ1) is 4.00. The molecule has 13 heteroatoms. The molecule has 0 atom stereocenters. The van der Waals surface area contributed by atoms with Crippen molar-refractivity contribution in [1.82, 2.24) is 0 Å². The summed E-state index contributed by atoms with van der Waals surface area (Å²) in [5.74, 6) is 0. The second-order valence-corrected chi connectivity index (χ2v) is 3.69. The first-order valence-corrected chi connectivity index (χ1v) is 6.02. The van der Waals surface area contributed by atoms with E-state index in [1.165, 1.54) is 0 Å². The van der Waals surface area contributed by atoms with Crippen LogP contribution in [0.4, 0.5) is 0 Å². The quantitative estimate of drug-likeness (QED) is 0.357. The van der Waals surface area contributed by atoms with E-state index in [-0.39, 0.29) is 49.5 Å². The van der Waals surface area contributed by atoms with E-state index in [0.717, 1.165) is 0 Å². The monoisotopic (exact) mass is 404 g/mol. The van der Waals surface area contributed by atoms with Gasteiger partial charge in [0.05, 0.1) is 0 Å². The normalized spacial score (nSPS) is 9.08. The molecule has 0 amide bonds. The van der Waals surface area contributed by atoms with E-state index in [4.69, 9.17) is 31.5 Å². The number of hydrogen-bond donors (Lipinski definition) is 0. The van der Waals surface area contributed by atoms with E-state index in [2.05, 4.69) is 0 Å². The van der Waals surface area contributed by atoms with Crippen LogP contribution in [0, 0.1) is 0 Å². The molecular weight excluding hydrogens is 406 g/mol. The zero-order chi connectivity index (χ0) is 9.00. The van der Waals surface area contributed by atoms with Crippen LogP contribution in [0.15, 0.2) is 0 Å². The van der Waals surface area contributed by atoms with Crippen LogP contribution >= 0.6 is 0 Å². The van der Waals surface area contributed by atoms with Gasteiger partial charge in [0.25, 0.3) is 0 Å². The van der Waals surface area contributed by atoms with Crippen LogP contribution in [0.3, 0.4) is 0 Å². The molecule has 0 aromatic carbocycles. The Balaban J connectivity index is -0.0000000267. The summed E-state index contributed by atoms with van der Waals surface area (Å²) in [5, 5.41) is 0. The molecule has 0 rings (SSSR count). The van der Waals surface area contributed by atoms with Gasteiger partial charge in [-0.1, -0.05) is 0 Å². The van der Waals surface area contributed by atoms with Crippen LogP contribution in [-0.4, -0.2) is 0 Å². The zero-order valence-corrected chi connectivity index (χ0v) is 10.9. The molecule has 0 fully saturated rings. The Hall–Kier alpha value is 2.01. The molecule has 13 heavy (non-hydrogen) atoms. The topological polar surface area (TPSA) is 172 Å². The molecule has 0 radical (unpaired) electrons. The molecule has 0 saturated carbocycles. The molecule has 0 aliphatic rings. The molecule has 0 N–H and O–H groups in total. The van der Waals surface area contributed by atoms with Crippen molar-refractivity contribution in [2.24, 2.45) is 0 Å². The Labute approximate surface area is 110 Å². The SMILES string of the molecule is [Ni+2].[Ni+2].[Ni+2].[O]=[V]([O-])([O-])[O-].[O]=[V]([O-])([O-])[O-]. The molecule has 0 spiro atoms. The van der Waals surface area contributed by atoms with Crippen LogP contribution in [0.5, 0.6) is 0 Å². The third-order valence-corrected chi connectivity index (χ3v) is 0. The van der Waals surface area contributed by atoms with Gasteiger partial charge in [0.2, 0.25) is 0 Å². The van der Waals surface area contributed by atoms with Crippen molar-refractivity contribution in [2.45, 2.75) is 0 Å². The van der Waals surface area contributed by atoms with Gasteiger partial charge >= 0.3 is 111 Å². The molecule has 0 unspecified atom stereocenters. The molecular formula is Ni3O8V2. The van der Waals surface area contributed by atoms with Gasteiger partial charge in [-0.3, -0.25) is 0 Å². The summed E-state index contributed by atoms with van der Waals surface area (Å²) in [6.45, 7) is 0. The first-order valence-electron chi connectivity index (χ1n) is 1.46. The second-order valence-electron chi connectivity index (χ2n) is 0.894. The minimum atomic E-state index is -5.88. The van der Waals surface area contributed by atoms with E-state index in [1.807, 2.05) is 0 Å². The van der Waals surface area contributed by atoms with Gasteiger partial charge in [0.1, 0.15) is 0 Å². The predicted molar refractivity (Wildman–Crippen MR) is 1.37 cm³/mol. The summed E-state index contributed by atoms with van der Waals surface area (Å²) in [6, 6.07) is 0. The summed E-state index contributed by atoms with van der Waals surface area (Å²) >= 11 is -11.8. The van der Waals surface area contributed by atoms with Crippen molar-refractivity contribution in [3.63, 3.8) is 0 Å². The van der Waals surface area contributed by atoms with Crippen LogP contribution in [-0.2, 0) is 86.9 Å². The Kier molecular flexibility index (Phi) is 27.3. The van der Waals surface area contributed by atoms with Gasteiger partial charge in [0, 0.05) is 0 Å². The van der Waals surface area contributed by atoms with Crippen molar-refractivity contribution in [3.05, 3.63) is 0 Å². The van der Waals surface area contributed by atoms with Crippen LogP contribution < -0.4 is 24.2 Å². The third kappa shape index (κ3) is 500. The molecule has 0 aliphatic carbocycles. The van der Waals surface area contributed by atoms with Crippen molar-refractivity contribution >= 4 is 0 Å². The Morgan fingerprint density at radius 2 is 0.538 bits per heavy atom. The molecule has 88 valence electrons. The van der Waals surface area contributed by atoms with Crippen molar-refractivity contribution < 1.29 is 111 Å². The van der Waals surface area contributed by atoms with E-state index in [1.54, 1.807) is 0 Å². The van der Waals surface area contributed by atoms with Crippen molar-refractivity contribution in [1.29, 1.82) is 0 Å². The fourth-order valence-electron chi connectivity index (χ4n) is 0. The molecule has 0 aromatic rings. The Bertz CT molecular complexity index is 130. The average Bonchev–Trinajstić information content (AvgIpc) is 1.12. The maximum atomic E-state index is 8.61. The van der Waals surface area contributed by atoms with Crippen molar-refractivity contribution in [2.75, 3.05) is 0 Å². The zero-order valence-electron chi connectivity index (χ0n) is 5.11. The molecule has 0 heterocycles. The van der Waals surface area contributed by atoms with Gasteiger partial charge in [0.15, 0.2) is 0 Å². The molecule has 0 aliphatic heterocycles. The summed E-state index contributed by atoms with van der Waals surface area (Å²) < 4.78 is 68.9. The van der Waals surface area contributed by atoms with Crippen LogP contribution in [0.2, 0.25) is 0 Å². The fraction of sp³-hybridized carbons (Fsp3) is 0. The summed E-state index contributed by atoms with van der Waals surface area (Å²) in [6.07, 6.45) is 0. The molecule has 8 nitrogen and oxygen atoms in total. The molecule has 0 aromatic heterocycles. The standard InChI is InChI=1S/3Ni.8O.2V/q3*+2;;;6*-1;;. The van der Waals surface area contributed by atoms with Gasteiger partial charge < -0.3 is 0 Å². The minimum absolute atomic E-state index is 0. The van der Waals surface area contributed by atoms with Gasteiger partial charge in [-0.25, -0.2) is 0 Å². The van der Waals surface area contributed by atoms with E-state index >= 15 is 0 Å². The summed E-state index contributed by atoms with van der Waals surface area (Å²) in [5.41, 5.74) is 0. The first kappa shape index (κ1) is 29.4. The number of hydrogen-bond acceptors (Lipinski definition) is 8. The summed E-state index contributed by atoms with van der Waals surface area (Å²) in [4.78, 5) is 0. The van der Waals surface area contributed by atoms with Crippen LogP contribution in [0.1, 0.15) is 0 Å². The third-order valence-electron chi connectivity index (χ3n) is 0. The average molecular weight is 406 g/mol. The maximum absolute atomic E-state index is 8.61. The molecule has 0 bridgehead atoms. The Morgan fingerprint density at radius 1 is 0.538 bits per heavy atom. The number of rotatable bonds is 0. The van der Waals surface area contributed by atoms with E-state index < -0.39 is 30.0 Å². The van der Waals surface area contributed by atoms with E-state index in [9.17, 15) is 0 Å². The van der Waals surface area contributed by atoms with Gasteiger partial charge in [-0.05, 0) is 0 Å². The second kappa shape index (κ2) is 12.1. The summed E-state index contributed by atoms with van der Waals surface area (Å²) in [7, 11) is 0. The van der Waals surface area contributed by atoms with Gasteiger partial charge in [-0.2, -0.15) is 0 Å². The molecule has 0 saturated heterocycles. The predicted octanol–water partition coefficient (Wildman–Crippen LogP) is -7.38. The van der Waals surface area contributed by atoms with E-state index in [0.29, 0.717) is 0 Å². The fourth-order valence-corrected chi connectivity index (χ4v) is 0. The van der Waals surface area contributed by atoms with Gasteiger partial charge in [-0.15, -0.1) is 0 Å². The Morgan fingerprint density at radius 3 is 0.538 bits per heavy atom.